The van der Waals surface area contributed by atoms with E-state index in [-0.39, 0.29) is 5.91 Å². The number of aromatic nitrogens is 1. The molecule has 1 heterocycles. The van der Waals surface area contributed by atoms with Crippen molar-refractivity contribution < 1.29 is 4.79 Å². The minimum atomic E-state index is -0.163. The van der Waals surface area contributed by atoms with Crippen LogP contribution >= 0.6 is 0 Å². The SMILES string of the molecule is C=CCNC(=O)c1cccc(C)n1. The fourth-order valence-corrected chi connectivity index (χ4v) is 0.925. The van der Waals surface area contributed by atoms with Gasteiger partial charge in [-0.15, -0.1) is 6.58 Å². The highest BCUT2D eigenvalue weighted by Gasteiger charge is 2.04. The van der Waals surface area contributed by atoms with Gasteiger partial charge in [-0.3, -0.25) is 4.79 Å². The molecule has 0 radical (unpaired) electrons. The predicted molar refractivity (Wildman–Crippen MR) is 51.5 cm³/mol. The summed E-state index contributed by atoms with van der Waals surface area (Å²) in [5.74, 6) is -0.163. The van der Waals surface area contributed by atoms with E-state index in [9.17, 15) is 4.79 Å². The molecule has 0 fully saturated rings. The van der Waals surface area contributed by atoms with Gasteiger partial charge in [-0.1, -0.05) is 12.1 Å². The molecule has 1 rings (SSSR count). The van der Waals surface area contributed by atoms with Crippen molar-refractivity contribution in [3.05, 3.63) is 42.2 Å². The molecule has 0 aromatic carbocycles. The van der Waals surface area contributed by atoms with Crippen LogP contribution in [0.2, 0.25) is 0 Å². The second-order valence-electron chi connectivity index (χ2n) is 2.66. The lowest BCUT2D eigenvalue weighted by molar-refractivity contribution is 0.0953. The highest BCUT2D eigenvalue weighted by atomic mass is 16.1. The van der Waals surface area contributed by atoms with E-state index >= 15 is 0 Å². The molecule has 0 unspecified atom stereocenters. The molecular formula is C10H12N2O. The third kappa shape index (κ3) is 2.71. The largest absolute Gasteiger partial charge is 0.347 e. The van der Waals surface area contributed by atoms with Crippen molar-refractivity contribution in [1.29, 1.82) is 0 Å². The van der Waals surface area contributed by atoms with E-state index in [0.717, 1.165) is 5.69 Å². The van der Waals surface area contributed by atoms with Gasteiger partial charge in [0, 0.05) is 12.2 Å². The molecule has 0 aliphatic carbocycles. The van der Waals surface area contributed by atoms with Crippen LogP contribution < -0.4 is 5.32 Å². The molecule has 0 saturated carbocycles. The van der Waals surface area contributed by atoms with Crippen LogP contribution in [0.4, 0.5) is 0 Å². The first kappa shape index (κ1) is 9.45. The Morgan fingerprint density at radius 2 is 2.46 bits per heavy atom. The monoisotopic (exact) mass is 176 g/mol. The number of carbonyl (C=O) groups excluding carboxylic acids is 1. The van der Waals surface area contributed by atoms with Crippen molar-refractivity contribution in [3.8, 4) is 0 Å². The first-order valence-electron chi connectivity index (χ1n) is 4.07. The Labute approximate surface area is 77.5 Å². The van der Waals surface area contributed by atoms with E-state index in [1.165, 1.54) is 0 Å². The van der Waals surface area contributed by atoms with E-state index in [4.69, 9.17) is 0 Å². The minimum absolute atomic E-state index is 0.163. The summed E-state index contributed by atoms with van der Waals surface area (Å²) < 4.78 is 0. The normalized spacial score (nSPS) is 9.31. The number of nitrogens with zero attached hydrogens (tertiary/aromatic N) is 1. The van der Waals surface area contributed by atoms with Crippen LogP contribution in [0, 0.1) is 6.92 Å². The van der Waals surface area contributed by atoms with Crippen LogP contribution in [-0.4, -0.2) is 17.4 Å². The first-order valence-corrected chi connectivity index (χ1v) is 4.07. The number of carbonyl (C=O) groups is 1. The fraction of sp³-hybridized carbons (Fsp3) is 0.200. The van der Waals surface area contributed by atoms with E-state index < -0.39 is 0 Å². The van der Waals surface area contributed by atoms with Gasteiger partial charge in [0.15, 0.2) is 0 Å². The van der Waals surface area contributed by atoms with E-state index in [2.05, 4.69) is 16.9 Å². The molecule has 68 valence electrons. The quantitative estimate of drug-likeness (QED) is 0.705. The molecule has 0 aliphatic heterocycles. The summed E-state index contributed by atoms with van der Waals surface area (Å²) in [6.07, 6.45) is 1.63. The Morgan fingerprint density at radius 1 is 1.69 bits per heavy atom. The molecule has 1 amide bonds. The molecule has 1 aromatic rings. The van der Waals surface area contributed by atoms with Gasteiger partial charge in [-0.25, -0.2) is 4.98 Å². The van der Waals surface area contributed by atoms with E-state index in [1.807, 2.05) is 19.1 Å². The van der Waals surface area contributed by atoms with E-state index in [1.54, 1.807) is 12.1 Å². The molecule has 0 atom stereocenters. The van der Waals surface area contributed by atoms with Gasteiger partial charge >= 0.3 is 0 Å². The van der Waals surface area contributed by atoms with Crippen LogP contribution in [-0.2, 0) is 0 Å². The maximum Gasteiger partial charge on any atom is 0.270 e. The average Bonchev–Trinajstić information content (AvgIpc) is 2.14. The molecule has 1 N–H and O–H groups in total. The van der Waals surface area contributed by atoms with Crippen molar-refractivity contribution >= 4 is 5.91 Å². The molecule has 13 heavy (non-hydrogen) atoms. The summed E-state index contributed by atoms with van der Waals surface area (Å²) in [6.45, 7) is 5.83. The third-order valence-electron chi connectivity index (χ3n) is 1.53. The highest BCUT2D eigenvalue weighted by Crippen LogP contribution is 1.97. The van der Waals surface area contributed by atoms with Gasteiger partial charge < -0.3 is 5.32 Å². The number of hydrogen-bond acceptors (Lipinski definition) is 2. The summed E-state index contributed by atoms with van der Waals surface area (Å²) in [5, 5.41) is 2.66. The lowest BCUT2D eigenvalue weighted by Crippen LogP contribution is -2.24. The molecule has 3 heteroatoms. The lowest BCUT2D eigenvalue weighted by Gasteiger charge is -2.01. The summed E-state index contributed by atoms with van der Waals surface area (Å²) in [5.41, 5.74) is 1.29. The zero-order chi connectivity index (χ0) is 9.68. The van der Waals surface area contributed by atoms with Gasteiger partial charge in [0.2, 0.25) is 0 Å². The van der Waals surface area contributed by atoms with Gasteiger partial charge in [0.05, 0.1) is 0 Å². The summed E-state index contributed by atoms with van der Waals surface area (Å²) >= 11 is 0. The van der Waals surface area contributed by atoms with Crippen LogP contribution in [0.5, 0.6) is 0 Å². The number of nitrogens with one attached hydrogen (secondary N) is 1. The number of rotatable bonds is 3. The summed E-state index contributed by atoms with van der Waals surface area (Å²) in [7, 11) is 0. The van der Waals surface area contributed by atoms with Gasteiger partial charge in [0.1, 0.15) is 5.69 Å². The van der Waals surface area contributed by atoms with Crippen LogP contribution in [0.1, 0.15) is 16.2 Å². The topological polar surface area (TPSA) is 42.0 Å². The summed E-state index contributed by atoms with van der Waals surface area (Å²) in [6, 6.07) is 5.35. The Hall–Kier alpha value is -1.64. The zero-order valence-electron chi connectivity index (χ0n) is 7.58. The van der Waals surface area contributed by atoms with Crippen molar-refractivity contribution in [2.75, 3.05) is 6.54 Å². The Balaban J connectivity index is 2.71. The molecule has 0 spiro atoms. The van der Waals surface area contributed by atoms with Gasteiger partial charge in [-0.05, 0) is 19.1 Å². The Kier molecular flexibility index (Phi) is 3.20. The van der Waals surface area contributed by atoms with Gasteiger partial charge in [0.25, 0.3) is 5.91 Å². The maximum absolute atomic E-state index is 11.3. The minimum Gasteiger partial charge on any atom is -0.347 e. The summed E-state index contributed by atoms with van der Waals surface area (Å²) in [4.78, 5) is 15.4. The maximum atomic E-state index is 11.3. The van der Waals surface area contributed by atoms with Crippen LogP contribution in [0.25, 0.3) is 0 Å². The first-order chi connectivity index (χ1) is 6.24. The van der Waals surface area contributed by atoms with Crippen molar-refractivity contribution in [1.82, 2.24) is 10.3 Å². The van der Waals surface area contributed by atoms with Crippen LogP contribution in [0.3, 0.4) is 0 Å². The predicted octanol–water partition coefficient (Wildman–Crippen LogP) is 1.31. The molecule has 3 nitrogen and oxygen atoms in total. The van der Waals surface area contributed by atoms with Crippen molar-refractivity contribution in [2.24, 2.45) is 0 Å². The smallest absolute Gasteiger partial charge is 0.270 e. The number of aryl methyl sites for hydroxylation is 1. The number of pyridine rings is 1. The van der Waals surface area contributed by atoms with E-state index in [0.29, 0.717) is 12.2 Å². The third-order valence-corrected chi connectivity index (χ3v) is 1.53. The van der Waals surface area contributed by atoms with Crippen molar-refractivity contribution in [3.63, 3.8) is 0 Å². The molecular weight excluding hydrogens is 164 g/mol. The standard InChI is InChI=1S/C10H12N2O/c1-3-7-11-10(13)9-6-4-5-8(2)12-9/h3-6H,1,7H2,2H3,(H,11,13). The molecule has 0 saturated heterocycles. The van der Waals surface area contributed by atoms with Crippen molar-refractivity contribution in [2.45, 2.75) is 6.92 Å². The fourth-order valence-electron chi connectivity index (χ4n) is 0.925. The molecule has 0 bridgehead atoms. The average molecular weight is 176 g/mol. The number of hydrogen-bond donors (Lipinski definition) is 1. The Bertz CT molecular complexity index is 320. The van der Waals surface area contributed by atoms with Gasteiger partial charge in [-0.2, -0.15) is 0 Å². The second kappa shape index (κ2) is 4.40. The second-order valence-corrected chi connectivity index (χ2v) is 2.66. The zero-order valence-corrected chi connectivity index (χ0v) is 7.58. The lowest BCUT2D eigenvalue weighted by atomic mass is 10.3. The molecule has 1 aromatic heterocycles. The number of amides is 1. The Morgan fingerprint density at radius 3 is 3.08 bits per heavy atom. The molecule has 0 aliphatic rings. The highest BCUT2D eigenvalue weighted by molar-refractivity contribution is 5.92. The van der Waals surface area contributed by atoms with Crippen LogP contribution in [0.15, 0.2) is 30.9 Å².